The summed E-state index contributed by atoms with van der Waals surface area (Å²) in [5.74, 6) is -1.32. The smallest absolute Gasteiger partial charge is 0.249 e. The topological polar surface area (TPSA) is 92.5 Å². The monoisotopic (exact) mass is 199 g/mol. The first-order valence-corrected chi connectivity index (χ1v) is 4.33. The third-order valence-corrected chi connectivity index (χ3v) is 2.10. The van der Waals surface area contributed by atoms with Crippen LogP contribution in [0.25, 0.3) is 0 Å². The van der Waals surface area contributed by atoms with Crippen molar-refractivity contribution in [2.24, 2.45) is 5.73 Å². The van der Waals surface area contributed by atoms with Gasteiger partial charge >= 0.3 is 0 Å². The molecule has 6 nitrogen and oxygen atoms in total. The van der Waals surface area contributed by atoms with Gasteiger partial charge in [0.15, 0.2) is 0 Å². The number of rotatable bonds is 1. The predicted molar refractivity (Wildman–Crippen MR) is 48.0 cm³/mol. The van der Waals surface area contributed by atoms with E-state index >= 15 is 0 Å². The second-order valence-corrected chi connectivity index (χ2v) is 3.34. The summed E-state index contributed by atoms with van der Waals surface area (Å²) in [6.45, 7) is 2.97. The Morgan fingerprint density at radius 1 is 1.64 bits per heavy atom. The molecule has 0 saturated carbocycles. The number of carbonyl (C=O) groups is 3. The van der Waals surface area contributed by atoms with E-state index in [1.165, 1.54) is 11.8 Å². The van der Waals surface area contributed by atoms with Gasteiger partial charge in [0.05, 0.1) is 6.04 Å². The maximum absolute atomic E-state index is 11.5. The molecule has 3 N–H and O–H groups in total. The normalized spacial score (nSPS) is 24.5. The first-order valence-electron chi connectivity index (χ1n) is 4.33. The molecule has 1 saturated heterocycles. The van der Waals surface area contributed by atoms with Gasteiger partial charge in [-0.1, -0.05) is 0 Å². The molecule has 1 rings (SSSR count). The lowest BCUT2D eigenvalue weighted by Crippen LogP contribution is -2.60. The molecule has 2 atom stereocenters. The minimum Gasteiger partial charge on any atom is -0.320 e. The fourth-order valence-corrected chi connectivity index (χ4v) is 1.24. The van der Waals surface area contributed by atoms with E-state index in [1.54, 1.807) is 6.92 Å². The molecule has 0 aromatic heterocycles. The zero-order valence-electron chi connectivity index (χ0n) is 8.11. The summed E-state index contributed by atoms with van der Waals surface area (Å²) in [6, 6.07) is -1.33. The van der Waals surface area contributed by atoms with Crippen molar-refractivity contribution in [1.29, 1.82) is 0 Å². The summed E-state index contributed by atoms with van der Waals surface area (Å²) in [6.07, 6.45) is 0. The standard InChI is InChI=1S/C8H13N3O3/c1-4(9)8(14)11-3-6(12)10-7(13)5(11)2/h4-5H,3,9H2,1-2H3,(H,10,12,13). The van der Waals surface area contributed by atoms with E-state index in [0.29, 0.717) is 0 Å². The number of carbonyl (C=O) groups excluding carboxylic acids is 3. The van der Waals surface area contributed by atoms with Gasteiger partial charge in [-0.2, -0.15) is 0 Å². The Morgan fingerprint density at radius 3 is 2.71 bits per heavy atom. The molecule has 2 unspecified atom stereocenters. The molecule has 0 bridgehead atoms. The molecule has 1 aliphatic rings. The van der Waals surface area contributed by atoms with Crippen molar-refractivity contribution < 1.29 is 14.4 Å². The molecule has 1 heterocycles. The van der Waals surface area contributed by atoms with Crippen molar-refractivity contribution in [3.05, 3.63) is 0 Å². The van der Waals surface area contributed by atoms with Gasteiger partial charge in [-0.3, -0.25) is 19.7 Å². The zero-order valence-corrected chi connectivity index (χ0v) is 8.11. The van der Waals surface area contributed by atoms with Crippen molar-refractivity contribution in [2.45, 2.75) is 25.9 Å². The molecule has 0 aliphatic carbocycles. The van der Waals surface area contributed by atoms with Gasteiger partial charge in [-0.15, -0.1) is 0 Å². The summed E-state index contributed by atoms with van der Waals surface area (Å²) >= 11 is 0. The van der Waals surface area contributed by atoms with Gasteiger partial charge in [0.25, 0.3) is 0 Å². The summed E-state index contributed by atoms with van der Waals surface area (Å²) in [5.41, 5.74) is 5.39. The SMILES string of the molecule is CC(N)C(=O)N1CC(=O)NC(=O)C1C. The van der Waals surface area contributed by atoms with Gasteiger partial charge in [0, 0.05) is 0 Å². The fraction of sp³-hybridized carbons (Fsp3) is 0.625. The maximum Gasteiger partial charge on any atom is 0.249 e. The Morgan fingerprint density at radius 2 is 2.21 bits per heavy atom. The van der Waals surface area contributed by atoms with Crippen LogP contribution in [0.1, 0.15) is 13.8 Å². The van der Waals surface area contributed by atoms with Gasteiger partial charge < -0.3 is 10.6 Å². The molecule has 78 valence electrons. The fourth-order valence-electron chi connectivity index (χ4n) is 1.24. The Balaban J connectivity index is 2.81. The first kappa shape index (κ1) is 10.6. The largest absolute Gasteiger partial charge is 0.320 e. The average Bonchev–Trinajstić information content (AvgIpc) is 2.09. The summed E-state index contributed by atoms with van der Waals surface area (Å²) in [5, 5.41) is 2.14. The zero-order chi connectivity index (χ0) is 10.9. The maximum atomic E-state index is 11.5. The van der Waals surface area contributed by atoms with Crippen LogP contribution < -0.4 is 11.1 Å². The Bertz CT molecular complexity index is 288. The van der Waals surface area contributed by atoms with Gasteiger partial charge in [-0.05, 0) is 13.8 Å². The molecule has 0 radical (unpaired) electrons. The van der Waals surface area contributed by atoms with Gasteiger partial charge in [0.1, 0.15) is 12.6 Å². The van der Waals surface area contributed by atoms with Crippen LogP contribution in [0.15, 0.2) is 0 Å². The highest BCUT2D eigenvalue weighted by Gasteiger charge is 2.34. The number of piperazine rings is 1. The number of hydrogen-bond acceptors (Lipinski definition) is 4. The van der Waals surface area contributed by atoms with Crippen molar-refractivity contribution in [1.82, 2.24) is 10.2 Å². The van der Waals surface area contributed by atoms with Gasteiger partial charge in [-0.25, -0.2) is 0 Å². The van der Waals surface area contributed by atoms with Crippen molar-refractivity contribution >= 4 is 17.7 Å². The molecule has 3 amide bonds. The highest BCUT2D eigenvalue weighted by molar-refractivity contribution is 6.04. The predicted octanol–water partition coefficient (Wildman–Crippen LogP) is -1.79. The van der Waals surface area contributed by atoms with Crippen LogP contribution in [-0.2, 0) is 14.4 Å². The number of hydrogen-bond donors (Lipinski definition) is 2. The minimum atomic E-state index is -0.698. The second kappa shape index (κ2) is 3.75. The molecular formula is C8H13N3O3. The van der Waals surface area contributed by atoms with E-state index < -0.39 is 23.9 Å². The van der Waals surface area contributed by atoms with Crippen LogP contribution in [0.4, 0.5) is 0 Å². The number of amides is 3. The van der Waals surface area contributed by atoms with Crippen LogP contribution in [0.5, 0.6) is 0 Å². The Labute approximate surface area is 81.4 Å². The molecule has 1 aliphatic heterocycles. The summed E-state index contributed by atoms with van der Waals surface area (Å²) in [7, 11) is 0. The molecule has 0 spiro atoms. The molecule has 1 fully saturated rings. The lowest BCUT2D eigenvalue weighted by Gasteiger charge is -2.32. The van der Waals surface area contributed by atoms with E-state index in [2.05, 4.69) is 5.32 Å². The van der Waals surface area contributed by atoms with Crippen LogP contribution in [-0.4, -0.2) is 41.2 Å². The van der Waals surface area contributed by atoms with Crippen LogP contribution >= 0.6 is 0 Å². The van der Waals surface area contributed by atoms with E-state index in [0.717, 1.165) is 0 Å². The number of nitrogens with zero attached hydrogens (tertiary/aromatic N) is 1. The third kappa shape index (κ3) is 1.90. The lowest BCUT2D eigenvalue weighted by atomic mass is 10.1. The van der Waals surface area contributed by atoms with Crippen LogP contribution in [0.3, 0.4) is 0 Å². The minimum absolute atomic E-state index is 0.104. The molecular weight excluding hydrogens is 186 g/mol. The summed E-state index contributed by atoms with van der Waals surface area (Å²) in [4.78, 5) is 34.8. The van der Waals surface area contributed by atoms with E-state index in [-0.39, 0.29) is 12.5 Å². The first-order chi connectivity index (χ1) is 6.43. The van der Waals surface area contributed by atoms with E-state index in [4.69, 9.17) is 5.73 Å². The van der Waals surface area contributed by atoms with Crippen molar-refractivity contribution in [3.8, 4) is 0 Å². The number of imide groups is 1. The number of nitrogens with two attached hydrogens (primary N) is 1. The quantitative estimate of drug-likeness (QED) is 0.488. The van der Waals surface area contributed by atoms with Gasteiger partial charge in [0.2, 0.25) is 17.7 Å². The van der Waals surface area contributed by atoms with Crippen molar-refractivity contribution in [3.63, 3.8) is 0 Å². The Hall–Kier alpha value is -1.43. The van der Waals surface area contributed by atoms with E-state index in [1.807, 2.05) is 0 Å². The third-order valence-electron chi connectivity index (χ3n) is 2.10. The van der Waals surface area contributed by atoms with Crippen LogP contribution in [0, 0.1) is 0 Å². The molecule has 0 aromatic carbocycles. The van der Waals surface area contributed by atoms with E-state index in [9.17, 15) is 14.4 Å². The Kier molecular flexibility index (Phi) is 2.85. The summed E-state index contributed by atoms with van der Waals surface area (Å²) < 4.78 is 0. The number of nitrogens with one attached hydrogen (secondary N) is 1. The highest BCUT2D eigenvalue weighted by atomic mass is 16.2. The highest BCUT2D eigenvalue weighted by Crippen LogP contribution is 2.06. The van der Waals surface area contributed by atoms with Crippen molar-refractivity contribution in [2.75, 3.05) is 6.54 Å². The average molecular weight is 199 g/mol. The van der Waals surface area contributed by atoms with Crippen LogP contribution in [0.2, 0.25) is 0 Å². The molecule has 14 heavy (non-hydrogen) atoms. The molecule has 6 heteroatoms. The molecule has 0 aromatic rings. The lowest BCUT2D eigenvalue weighted by molar-refractivity contribution is -0.149. The second-order valence-electron chi connectivity index (χ2n) is 3.34.